The highest BCUT2D eigenvalue weighted by molar-refractivity contribution is 5.78. The van der Waals surface area contributed by atoms with Crippen molar-refractivity contribution in [2.75, 3.05) is 0 Å². The summed E-state index contributed by atoms with van der Waals surface area (Å²) < 4.78 is 0. The van der Waals surface area contributed by atoms with Gasteiger partial charge < -0.3 is 10.4 Å². The van der Waals surface area contributed by atoms with Crippen molar-refractivity contribution in [1.29, 1.82) is 0 Å². The van der Waals surface area contributed by atoms with E-state index in [1.807, 2.05) is 39.0 Å². The lowest BCUT2D eigenvalue weighted by Gasteiger charge is -2.24. The van der Waals surface area contributed by atoms with Crippen molar-refractivity contribution in [1.82, 2.24) is 5.32 Å². The first-order chi connectivity index (χ1) is 9.62. The molecule has 0 aliphatic heterocycles. The number of hydrogen-bond acceptors (Lipinski definition) is 2. The van der Waals surface area contributed by atoms with E-state index in [-0.39, 0.29) is 24.8 Å². The van der Waals surface area contributed by atoms with Crippen molar-refractivity contribution >= 4 is 11.9 Å². The van der Waals surface area contributed by atoms with E-state index in [0.717, 1.165) is 5.56 Å². The smallest absolute Gasteiger partial charge is 0.303 e. The first-order valence-electron chi connectivity index (χ1n) is 7.19. The maximum absolute atomic E-state index is 12.1. The number of carboxylic acid groups (broad SMARTS) is 1. The Morgan fingerprint density at radius 1 is 1.24 bits per heavy atom. The van der Waals surface area contributed by atoms with E-state index in [9.17, 15) is 9.59 Å². The molecule has 21 heavy (non-hydrogen) atoms. The molecule has 1 unspecified atom stereocenters. The van der Waals surface area contributed by atoms with Crippen molar-refractivity contribution < 1.29 is 14.7 Å². The Labute approximate surface area is 126 Å². The van der Waals surface area contributed by atoms with Gasteiger partial charge >= 0.3 is 5.97 Å². The van der Waals surface area contributed by atoms with E-state index >= 15 is 0 Å². The molecule has 1 aromatic rings. The summed E-state index contributed by atoms with van der Waals surface area (Å²) in [6, 6.07) is 5.95. The van der Waals surface area contributed by atoms with Crippen molar-refractivity contribution in [3.63, 3.8) is 0 Å². The maximum atomic E-state index is 12.1. The fourth-order valence-electron chi connectivity index (χ4n) is 2.52. The van der Waals surface area contributed by atoms with Gasteiger partial charge in [0.25, 0.3) is 0 Å². The SMILES string of the molecule is Cc1cccc(C(C)NC(=O)CC(C)(C)CC(=O)O)c1C. The molecule has 4 nitrogen and oxygen atoms in total. The second kappa shape index (κ2) is 6.74. The van der Waals surface area contributed by atoms with E-state index in [1.165, 1.54) is 11.1 Å². The third-order valence-corrected chi connectivity index (χ3v) is 3.76. The van der Waals surface area contributed by atoms with Crippen LogP contribution in [0.5, 0.6) is 0 Å². The number of aryl methyl sites for hydroxylation is 1. The summed E-state index contributed by atoms with van der Waals surface area (Å²) in [5.41, 5.74) is 2.92. The van der Waals surface area contributed by atoms with Gasteiger partial charge in [-0.25, -0.2) is 0 Å². The zero-order chi connectivity index (χ0) is 16.2. The Morgan fingerprint density at radius 3 is 2.43 bits per heavy atom. The highest BCUT2D eigenvalue weighted by atomic mass is 16.4. The predicted molar refractivity (Wildman–Crippen MR) is 83.1 cm³/mol. The van der Waals surface area contributed by atoms with Gasteiger partial charge in [0.15, 0.2) is 0 Å². The van der Waals surface area contributed by atoms with Crippen molar-refractivity contribution in [2.45, 2.75) is 53.5 Å². The number of carbonyl (C=O) groups is 2. The van der Waals surface area contributed by atoms with Crippen LogP contribution in [0, 0.1) is 19.3 Å². The Morgan fingerprint density at radius 2 is 1.86 bits per heavy atom. The molecule has 0 bridgehead atoms. The number of hydrogen-bond donors (Lipinski definition) is 2. The molecule has 1 aromatic carbocycles. The lowest BCUT2D eigenvalue weighted by atomic mass is 9.85. The zero-order valence-electron chi connectivity index (χ0n) is 13.5. The van der Waals surface area contributed by atoms with Crippen LogP contribution in [0.2, 0.25) is 0 Å². The molecule has 0 heterocycles. The van der Waals surface area contributed by atoms with Gasteiger partial charge in [0.05, 0.1) is 12.5 Å². The lowest BCUT2D eigenvalue weighted by molar-refractivity contribution is -0.139. The average Bonchev–Trinajstić information content (AvgIpc) is 2.29. The van der Waals surface area contributed by atoms with E-state index in [4.69, 9.17) is 5.11 Å². The van der Waals surface area contributed by atoms with Crippen LogP contribution in [0.1, 0.15) is 56.3 Å². The van der Waals surface area contributed by atoms with Gasteiger partial charge in [0.2, 0.25) is 5.91 Å². The molecule has 2 N–H and O–H groups in total. The van der Waals surface area contributed by atoms with Crippen LogP contribution in [-0.4, -0.2) is 17.0 Å². The summed E-state index contributed by atoms with van der Waals surface area (Å²) in [7, 11) is 0. The molecule has 116 valence electrons. The largest absolute Gasteiger partial charge is 0.481 e. The Kier molecular flexibility index (Phi) is 5.53. The first-order valence-corrected chi connectivity index (χ1v) is 7.19. The molecule has 0 aliphatic rings. The molecule has 0 spiro atoms. The molecule has 0 aliphatic carbocycles. The highest BCUT2D eigenvalue weighted by Gasteiger charge is 2.26. The number of carboxylic acids is 1. The van der Waals surface area contributed by atoms with Crippen molar-refractivity contribution in [3.05, 3.63) is 34.9 Å². The normalized spacial score (nSPS) is 12.8. The molecular weight excluding hydrogens is 266 g/mol. The summed E-state index contributed by atoms with van der Waals surface area (Å²) in [5, 5.41) is 11.8. The molecule has 1 atom stereocenters. The van der Waals surface area contributed by atoms with Gasteiger partial charge in [-0.15, -0.1) is 0 Å². The molecule has 0 aromatic heterocycles. The molecule has 1 rings (SSSR count). The minimum absolute atomic E-state index is 0.0156. The summed E-state index contributed by atoms with van der Waals surface area (Å²) in [5.74, 6) is -0.995. The van der Waals surface area contributed by atoms with Crippen LogP contribution in [-0.2, 0) is 9.59 Å². The summed E-state index contributed by atoms with van der Waals surface area (Å²) in [6.45, 7) is 9.63. The van der Waals surface area contributed by atoms with Crippen LogP contribution < -0.4 is 5.32 Å². The van der Waals surface area contributed by atoms with Crippen LogP contribution in [0.4, 0.5) is 0 Å². The average molecular weight is 291 g/mol. The molecule has 1 amide bonds. The van der Waals surface area contributed by atoms with E-state index < -0.39 is 11.4 Å². The second-order valence-electron chi connectivity index (χ2n) is 6.49. The number of nitrogens with one attached hydrogen (secondary N) is 1. The quantitative estimate of drug-likeness (QED) is 0.844. The van der Waals surface area contributed by atoms with Gasteiger partial charge in [-0.2, -0.15) is 0 Å². The van der Waals surface area contributed by atoms with Gasteiger partial charge in [-0.3, -0.25) is 9.59 Å². The Bertz CT molecular complexity index is 535. The van der Waals surface area contributed by atoms with Gasteiger partial charge in [-0.1, -0.05) is 32.0 Å². The van der Waals surface area contributed by atoms with E-state index in [0.29, 0.717) is 0 Å². The molecule has 0 saturated carbocycles. The lowest BCUT2D eigenvalue weighted by Crippen LogP contribution is -2.32. The van der Waals surface area contributed by atoms with Crippen LogP contribution in [0.15, 0.2) is 18.2 Å². The van der Waals surface area contributed by atoms with Crippen molar-refractivity contribution in [2.24, 2.45) is 5.41 Å². The molecule has 0 saturated heterocycles. The number of benzene rings is 1. The van der Waals surface area contributed by atoms with Crippen molar-refractivity contribution in [3.8, 4) is 0 Å². The topological polar surface area (TPSA) is 66.4 Å². The second-order valence-corrected chi connectivity index (χ2v) is 6.49. The fourth-order valence-corrected chi connectivity index (χ4v) is 2.52. The predicted octanol–water partition coefficient (Wildman–Crippen LogP) is 3.37. The maximum Gasteiger partial charge on any atom is 0.303 e. The van der Waals surface area contributed by atoms with Gasteiger partial charge in [0.1, 0.15) is 0 Å². The van der Waals surface area contributed by atoms with Gasteiger partial charge in [0, 0.05) is 6.42 Å². The van der Waals surface area contributed by atoms with E-state index in [1.54, 1.807) is 13.8 Å². The highest BCUT2D eigenvalue weighted by Crippen LogP contribution is 2.26. The number of rotatable bonds is 6. The Hall–Kier alpha value is -1.84. The number of amides is 1. The number of carbonyl (C=O) groups excluding carboxylic acids is 1. The molecular formula is C17H25NO3. The third kappa shape index (κ3) is 5.21. The zero-order valence-corrected chi connectivity index (χ0v) is 13.5. The minimum atomic E-state index is -0.879. The first kappa shape index (κ1) is 17.2. The Balaban J connectivity index is 2.70. The van der Waals surface area contributed by atoms with E-state index in [2.05, 4.69) is 5.32 Å². The summed E-state index contributed by atoms with van der Waals surface area (Å²) >= 11 is 0. The summed E-state index contributed by atoms with van der Waals surface area (Å²) in [6.07, 6.45) is 0.187. The van der Waals surface area contributed by atoms with Crippen LogP contribution in [0.25, 0.3) is 0 Å². The number of aliphatic carboxylic acids is 1. The van der Waals surface area contributed by atoms with Gasteiger partial charge in [-0.05, 0) is 42.9 Å². The minimum Gasteiger partial charge on any atom is -0.481 e. The standard InChI is InChI=1S/C17H25NO3/c1-11-7-6-8-14(12(11)2)13(3)18-15(19)9-17(4,5)10-16(20)21/h6-8,13H,9-10H2,1-5H3,(H,18,19)(H,20,21). The third-order valence-electron chi connectivity index (χ3n) is 3.76. The fraction of sp³-hybridized carbons (Fsp3) is 0.529. The van der Waals surface area contributed by atoms with Crippen LogP contribution in [0.3, 0.4) is 0 Å². The monoisotopic (exact) mass is 291 g/mol. The molecule has 0 fully saturated rings. The molecule has 4 heteroatoms. The van der Waals surface area contributed by atoms with Crippen LogP contribution >= 0.6 is 0 Å². The molecule has 0 radical (unpaired) electrons. The summed E-state index contributed by atoms with van der Waals surface area (Å²) in [4.78, 5) is 22.9.